The van der Waals surface area contributed by atoms with Crippen LogP contribution in [0.1, 0.15) is 6.92 Å². The zero-order valence-electron chi connectivity index (χ0n) is 10.6. The fourth-order valence-electron chi connectivity index (χ4n) is 2.06. The van der Waals surface area contributed by atoms with Crippen molar-refractivity contribution in [2.75, 3.05) is 0 Å². The summed E-state index contributed by atoms with van der Waals surface area (Å²) in [7, 11) is -3.87. The topological polar surface area (TPSA) is 90.9 Å². The molecule has 0 unspecified atom stereocenters. The molecule has 0 atom stereocenters. The molecule has 0 aliphatic carbocycles. The Hall–Kier alpha value is -1.77. The third kappa shape index (κ3) is 2.11. The van der Waals surface area contributed by atoms with Crippen LogP contribution in [0, 0.1) is 0 Å². The van der Waals surface area contributed by atoms with Crippen LogP contribution in [0.3, 0.4) is 0 Å². The Morgan fingerprint density at radius 2 is 2.05 bits per heavy atom. The van der Waals surface area contributed by atoms with Gasteiger partial charge in [-0.25, -0.2) is 13.6 Å². The van der Waals surface area contributed by atoms with E-state index in [1.54, 1.807) is 11.3 Å². The first-order valence-corrected chi connectivity index (χ1v) is 8.32. The average molecular weight is 308 g/mol. The van der Waals surface area contributed by atoms with Crippen LogP contribution < -0.4 is 5.14 Å². The molecule has 0 bridgehead atoms. The van der Waals surface area contributed by atoms with Gasteiger partial charge in [-0.1, -0.05) is 18.2 Å². The standard InChI is InChI=1S/C12H12N4O2S2/c1-2-16-11(14-15-12(16)20(13,17)18)10-7-8-5-3-4-6-9(8)19-10/h3-7H,2H2,1H3,(H2,13,17,18). The van der Waals surface area contributed by atoms with Crippen LogP contribution in [0.25, 0.3) is 20.8 Å². The van der Waals surface area contributed by atoms with E-state index in [2.05, 4.69) is 10.2 Å². The van der Waals surface area contributed by atoms with Gasteiger partial charge in [0.25, 0.3) is 15.2 Å². The molecule has 20 heavy (non-hydrogen) atoms. The zero-order chi connectivity index (χ0) is 14.3. The van der Waals surface area contributed by atoms with Crippen molar-refractivity contribution in [3.05, 3.63) is 30.3 Å². The molecule has 0 fully saturated rings. The highest BCUT2D eigenvalue weighted by atomic mass is 32.2. The van der Waals surface area contributed by atoms with Crippen LogP contribution >= 0.6 is 11.3 Å². The number of nitrogens with zero attached hydrogens (tertiary/aromatic N) is 3. The van der Waals surface area contributed by atoms with Gasteiger partial charge in [-0.3, -0.25) is 4.57 Å². The Morgan fingerprint density at radius 3 is 2.70 bits per heavy atom. The summed E-state index contributed by atoms with van der Waals surface area (Å²) in [6, 6.07) is 9.91. The van der Waals surface area contributed by atoms with Crippen molar-refractivity contribution in [3.8, 4) is 10.7 Å². The third-order valence-corrected chi connectivity index (χ3v) is 4.86. The quantitative estimate of drug-likeness (QED) is 0.799. The van der Waals surface area contributed by atoms with Crippen molar-refractivity contribution in [2.24, 2.45) is 5.14 Å². The fraction of sp³-hybridized carbons (Fsp3) is 0.167. The van der Waals surface area contributed by atoms with E-state index >= 15 is 0 Å². The maximum atomic E-state index is 11.5. The number of thiophene rings is 1. The summed E-state index contributed by atoms with van der Waals surface area (Å²) in [6.45, 7) is 2.26. The van der Waals surface area contributed by atoms with E-state index in [0.717, 1.165) is 15.0 Å². The molecule has 0 amide bonds. The minimum atomic E-state index is -3.87. The summed E-state index contributed by atoms with van der Waals surface area (Å²) in [5.41, 5.74) is 0. The molecule has 3 rings (SSSR count). The van der Waals surface area contributed by atoms with Gasteiger partial charge in [0.15, 0.2) is 5.82 Å². The van der Waals surface area contributed by atoms with Gasteiger partial charge in [0.2, 0.25) is 0 Å². The first kappa shape index (κ1) is 13.2. The van der Waals surface area contributed by atoms with Crippen molar-refractivity contribution in [1.82, 2.24) is 14.8 Å². The highest BCUT2D eigenvalue weighted by Gasteiger charge is 2.21. The predicted molar refractivity (Wildman–Crippen MR) is 77.9 cm³/mol. The highest BCUT2D eigenvalue weighted by molar-refractivity contribution is 7.89. The molecule has 2 N–H and O–H groups in total. The molecule has 2 aromatic heterocycles. The van der Waals surface area contributed by atoms with Gasteiger partial charge in [-0.05, 0) is 24.4 Å². The second-order valence-electron chi connectivity index (χ2n) is 4.24. The number of aromatic nitrogens is 3. The summed E-state index contributed by atoms with van der Waals surface area (Å²) in [6.07, 6.45) is 0. The summed E-state index contributed by atoms with van der Waals surface area (Å²) < 4.78 is 25.6. The lowest BCUT2D eigenvalue weighted by Crippen LogP contribution is -2.18. The molecular formula is C12H12N4O2S2. The summed E-state index contributed by atoms with van der Waals surface area (Å²) in [5, 5.41) is 13.7. The van der Waals surface area contributed by atoms with Gasteiger partial charge >= 0.3 is 0 Å². The van der Waals surface area contributed by atoms with Gasteiger partial charge < -0.3 is 0 Å². The monoisotopic (exact) mass is 308 g/mol. The van der Waals surface area contributed by atoms with E-state index in [0.29, 0.717) is 12.4 Å². The van der Waals surface area contributed by atoms with Gasteiger partial charge in [0, 0.05) is 11.2 Å². The SMILES string of the molecule is CCn1c(-c2cc3ccccc3s2)nnc1S(N)(=O)=O. The Morgan fingerprint density at radius 1 is 1.30 bits per heavy atom. The van der Waals surface area contributed by atoms with Gasteiger partial charge in [0.05, 0.1) is 4.88 Å². The third-order valence-electron chi connectivity index (χ3n) is 2.93. The average Bonchev–Trinajstić information content (AvgIpc) is 3.00. The molecule has 0 saturated carbocycles. The Balaban J connectivity index is 2.22. The number of hydrogen-bond acceptors (Lipinski definition) is 5. The second kappa shape index (κ2) is 4.65. The Bertz CT molecular complexity index is 847. The van der Waals surface area contributed by atoms with E-state index in [-0.39, 0.29) is 5.16 Å². The molecule has 8 heteroatoms. The van der Waals surface area contributed by atoms with Gasteiger partial charge in [-0.15, -0.1) is 21.5 Å². The zero-order valence-corrected chi connectivity index (χ0v) is 12.3. The number of benzene rings is 1. The first-order valence-electron chi connectivity index (χ1n) is 5.95. The maximum Gasteiger partial charge on any atom is 0.273 e. The second-order valence-corrected chi connectivity index (χ2v) is 6.78. The van der Waals surface area contributed by atoms with Crippen LogP contribution in [0.2, 0.25) is 0 Å². The molecule has 1 aromatic carbocycles. The number of hydrogen-bond donors (Lipinski definition) is 1. The highest BCUT2D eigenvalue weighted by Crippen LogP contribution is 2.32. The maximum absolute atomic E-state index is 11.5. The van der Waals surface area contributed by atoms with E-state index in [4.69, 9.17) is 5.14 Å². The number of fused-ring (bicyclic) bond motifs is 1. The van der Waals surface area contributed by atoms with E-state index < -0.39 is 10.0 Å². The van der Waals surface area contributed by atoms with Gasteiger partial charge in [-0.2, -0.15) is 0 Å². The van der Waals surface area contributed by atoms with Crippen LogP contribution in [0.15, 0.2) is 35.5 Å². The number of sulfonamides is 1. The summed E-state index contributed by atoms with van der Waals surface area (Å²) in [4.78, 5) is 0.871. The van der Waals surface area contributed by atoms with Crippen molar-refractivity contribution in [1.29, 1.82) is 0 Å². The number of primary sulfonamides is 1. The van der Waals surface area contributed by atoms with E-state index in [9.17, 15) is 8.42 Å². The molecule has 0 aliphatic heterocycles. The van der Waals surface area contributed by atoms with Crippen LogP contribution in [0.5, 0.6) is 0 Å². The van der Waals surface area contributed by atoms with Gasteiger partial charge in [0.1, 0.15) is 0 Å². The van der Waals surface area contributed by atoms with Crippen LogP contribution in [0.4, 0.5) is 0 Å². The van der Waals surface area contributed by atoms with E-state index in [1.807, 2.05) is 37.3 Å². The van der Waals surface area contributed by atoms with Crippen molar-refractivity contribution in [2.45, 2.75) is 18.6 Å². The molecule has 6 nitrogen and oxygen atoms in total. The molecule has 2 heterocycles. The first-order chi connectivity index (χ1) is 9.50. The molecule has 0 aliphatic rings. The lowest BCUT2D eigenvalue weighted by atomic mass is 10.2. The number of rotatable bonds is 3. The van der Waals surface area contributed by atoms with Crippen LogP contribution in [-0.2, 0) is 16.6 Å². The molecule has 104 valence electrons. The molecule has 0 spiro atoms. The Labute approximate surface area is 119 Å². The predicted octanol–water partition coefficient (Wildman–Crippen LogP) is 1.83. The molecule has 0 saturated heterocycles. The summed E-state index contributed by atoms with van der Waals surface area (Å²) >= 11 is 1.54. The minimum absolute atomic E-state index is 0.201. The summed E-state index contributed by atoms with van der Waals surface area (Å²) in [5.74, 6) is 0.526. The van der Waals surface area contributed by atoms with E-state index in [1.165, 1.54) is 4.57 Å². The van der Waals surface area contributed by atoms with Crippen molar-refractivity contribution in [3.63, 3.8) is 0 Å². The normalized spacial score (nSPS) is 12.1. The largest absolute Gasteiger partial charge is 0.296 e. The van der Waals surface area contributed by atoms with Crippen molar-refractivity contribution < 1.29 is 8.42 Å². The molecular weight excluding hydrogens is 296 g/mol. The molecule has 3 aromatic rings. The minimum Gasteiger partial charge on any atom is -0.296 e. The lowest BCUT2D eigenvalue weighted by molar-refractivity contribution is 0.571. The smallest absolute Gasteiger partial charge is 0.273 e. The van der Waals surface area contributed by atoms with Crippen molar-refractivity contribution >= 4 is 31.4 Å². The lowest BCUT2D eigenvalue weighted by Gasteiger charge is -2.03. The Kier molecular flexibility index (Phi) is 3.08. The molecule has 0 radical (unpaired) electrons. The number of nitrogens with two attached hydrogens (primary N) is 1. The van der Waals surface area contributed by atoms with Crippen LogP contribution in [-0.4, -0.2) is 23.2 Å². The fourth-order valence-corrected chi connectivity index (χ4v) is 3.79.